The summed E-state index contributed by atoms with van der Waals surface area (Å²) in [5, 5.41) is 0. The number of carbonyl (C=O) groups excluding carboxylic acids is 1. The summed E-state index contributed by atoms with van der Waals surface area (Å²) in [5.74, 6) is -0.427. The van der Waals surface area contributed by atoms with Crippen LogP contribution in [0, 0.1) is 0 Å². The highest BCUT2D eigenvalue weighted by Crippen LogP contribution is 2.36. The molecule has 1 saturated heterocycles. The molecule has 0 aliphatic carbocycles. The third-order valence-corrected chi connectivity index (χ3v) is 10.0. The summed E-state index contributed by atoms with van der Waals surface area (Å²) < 4.78 is 112. The van der Waals surface area contributed by atoms with Gasteiger partial charge in [0.1, 0.15) is 16.6 Å². The first-order valence-electron chi connectivity index (χ1n) is 12.0. The summed E-state index contributed by atoms with van der Waals surface area (Å²) in [5.41, 5.74) is -1.87. The molecule has 1 aliphatic heterocycles. The van der Waals surface area contributed by atoms with E-state index in [1.165, 1.54) is 24.3 Å². The maximum atomic E-state index is 13.9. The lowest BCUT2D eigenvalue weighted by Crippen LogP contribution is -2.40. The van der Waals surface area contributed by atoms with Gasteiger partial charge in [0, 0.05) is 13.0 Å². The van der Waals surface area contributed by atoms with Gasteiger partial charge in [-0.1, -0.05) is 23.7 Å². The molecule has 0 bridgehead atoms. The lowest BCUT2D eigenvalue weighted by Gasteiger charge is -2.22. The highest BCUT2D eigenvalue weighted by Gasteiger charge is 2.40. The van der Waals surface area contributed by atoms with Crippen LogP contribution >= 0.6 is 22.9 Å². The van der Waals surface area contributed by atoms with E-state index in [-0.39, 0.29) is 57.8 Å². The highest BCUT2D eigenvalue weighted by molar-refractivity contribution is 7.91. The van der Waals surface area contributed by atoms with Gasteiger partial charge in [-0.05, 0) is 72.9 Å². The molecule has 0 unspecified atom stereocenters. The minimum absolute atomic E-state index is 0.00865. The SMILES string of the molecule is O=C(CCc1ccc(COc2ccc(C(F)(F)F)cc2)cc1C(F)(F)F)[C@@H]1CCCN1S(=O)(=O)c1ccc(Cl)s1. The van der Waals surface area contributed by atoms with E-state index in [4.69, 9.17) is 16.3 Å². The highest BCUT2D eigenvalue weighted by atomic mass is 35.5. The number of alkyl halides is 6. The first-order chi connectivity index (χ1) is 18.7. The Bertz CT molecular complexity index is 1470. The maximum Gasteiger partial charge on any atom is 0.416 e. The molecule has 0 spiro atoms. The molecule has 2 heterocycles. The van der Waals surface area contributed by atoms with E-state index in [9.17, 15) is 39.6 Å². The number of hydrogen-bond acceptors (Lipinski definition) is 5. The second kappa shape index (κ2) is 11.7. The molecule has 5 nitrogen and oxygen atoms in total. The van der Waals surface area contributed by atoms with E-state index in [1.807, 2.05) is 0 Å². The summed E-state index contributed by atoms with van der Waals surface area (Å²) in [6.07, 6.45) is -9.13. The van der Waals surface area contributed by atoms with Gasteiger partial charge >= 0.3 is 12.4 Å². The van der Waals surface area contributed by atoms with Crippen molar-refractivity contribution in [1.29, 1.82) is 0 Å². The number of ether oxygens (including phenoxy) is 1. The Morgan fingerprint density at radius 1 is 1.00 bits per heavy atom. The fraction of sp³-hybridized carbons (Fsp3) is 0.346. The number of rotatable bonds is 9. The number of Topliss-reactive ketones (excluding diaryl/α,β-unsaturated/α-hetero) is 1. The van der Waals surface area contributed by atoms with Crippen molar-refractivity contribution in [3.05, 3.63) is 81.2 Å². The summed E-state index contributed by atoms with van der Waals surface area (Å²) in [6.45, 7) is -0.203. The van der Waals surface area contributed by atoms with Gasteiger partial charge in [0.05, 0.1) is 21.5 Å². The maximum absolute atomic E-state index is 13.9. The van der Waals surface area contributed by atoms with Crippen LogP contribution in [0.5, 0.6) is 5.75 Å². The smallest absolute Gasteiger partial charge is 0.416 e. The Morgan fingerprint density at radius 2 is 1.70 bits per heavy atom. The van der Waals surface area contributed by atoms with Crippen molar-refractivity contribution in [1.82, 2.24) is 4.31 Å². The van der Waals surface area contributed by atoms with Crippen LogP contribution in [0.1, 0.15) is 41.5 Å². The predicted molar refractivity (Wildman–Crippen MR) is 137 cm³/mol. The van der Waals surface area contributed by atoms with Crippen molar-refractivity contribution >= 4 is 38.7 Å². The number of halogens is 7. The molecular formula is C26H22ClF6NO4S2. The fourth-order valence-corrected chi connectivity index (χ4v) is 7.72. The molecule has 2 aromatic carbocycles. The largest absolute Gasteiger partial charge is 0.489 e. The van der Waals surface area contributed by atoms with Crippen molar-refractivity contribution in [3.8, 4) is 5.75 Å². The topological polar surface area (TPSA) is 63.7 Å². The van der Waals surface area contributed by atoms with Crippen LogP contribution in [0.3, 0.4) is 0 Å². The molecule has 14 heteroatoms. The molecule has 1 aromatic heterocycles. The van der Waals surface area contributed by atoms with Crippen LogP contribution < -0.4 is 4.74 Å². The van der Waals surface area contributed by atoms with E-state index in [2.05, 4.69) is 0 Å². The average Bonchev–Trinajstić information content (AvgIpc) is 3.56. The van der Waals surface area contributed by atoms with E-state index in [0.29, 0.717) is 6.42 Å². The Morgan fingerprint density at radius 3 is 2.30 bits per heavy atom. The van der Waals surface area contributed by atoms with Crippen LogP contribution in [0.25, 0.3) is 0 Å². The number of hydrogen-bond donors (Lipinski definition) is 0. The molecule has 0 N–H and O–H groups in total. The summed E-state index contributed by atoms with van der Waals surface area (Å²) in [4.78, 5) is 13.0. The number of nitrogens with zero attached hydrogens (tertiary/aromatic N) is 1. The number of carbonyl (C=O) groups is 1. The molecule has 40 heavy (non-hydrogen) atoms. The molecule has 0 radical (unpaired) electrons. The van der Waals surface area contributed by atoms with Crippen molar-refractivity contribution in [2.75, 3.05) is 6.54 Å². The van der Waals surface area contributed by atoms with Crippen LogP contribution in [0.15, 0.2) is 58.8 Å². The van der Waals surface area contributed by atoms with Crippen LogP contribution in [-0.4, -0.2) is 31.1 Å². The zero-order chi connectivity index (χ0) is 29.3. The third kappa shape index (κ3) is 6.99. The molecular weight excluding hydrogens is 604 g/mol. The second-order valence-electron chi connectivity index (χ2n) is 9.10. The van der Waals surface area contributed by atoms with E-state index < -0.39 is 45.3 Å². The van der Waals surface area contributed by atoms with Crippen LogP contribution in [-0.2, 0) is 40.2 Å². The summed E-state index contributed by atoms with van der Waals surface area (Å²) in [7, 11) is -3.97. The van der Waals surface area contributed by atoms with Gasteiger partial charge in [0.2, 0.25) is 0 Å². The molecule has 1 atom stereocenters. The standard InChI is InChI=1S/C26H22ClF6NO4S2/c27-23-11-12-24(39-23)40(36,37)34-13-1-2-21(34)22(35)10-5-17-4-3-16(14-20(17)26(31,32)33)15-38-19-8-6-18(7-9-19)25(28,29)30/h3-4,6-9,11-12,14,21H,1-2,5,10,13,15H2/t21-/m0/s1. The summed E-state index contributed by atoms with van der Waals surface area (Å²) in [6, 6.07) is 9.05. The average molecular weight is 626 g/mol. The van der Waals surface area contributed by atoms with Gasteiger partial charge < -0.3 is 4.74 Å². The quantitative estimate of drug-likeness (QED) is 0.233. The number of ketones is 1. The Balaban J connectivity index is 1.44. The van der Waals surface area contributed by atoms with Crippen LogP contribution in [0.2, 0.25) is 4.34 Å². The van der Waals surface area contributed by atoms with E-state index in [0.717, 1.165) is 46.0 Å². The van der Waals surface area contributed by atoms with Crippen molar-refractivity contribution < 1.29 is 44.3 Å². The van der Waals surface area contributed by atoms with Gasteiger partial charge in [-0.2, -0.15) is 30.6 Å². The normalized spacial score (nSPS) is 16.8. The zero-order valence-electron chi connectivity index (χ0n) is 20.6. The van der Waals surface area contributed by atoms with Gasteiger partial charge in [0.15, 0.2) is 5.78 Å². The molecule has 1 fully saturated rings. The lowest BCUT2D eigenvalue weighted by atomic mass is 9.97. The van der Waals surface area contributed by atoms with E-state index >= 15 is 0 Å². The second-order valence-corrected chi connectivity index (χ2v) is 12.9. The molecule has 0 amide bonds. The lowest BCUT2D eigenvalue weighted by molar-refractivity contribution is -0.138. The first kappa shape index (κ1) is 30.4. The number of benzene rings is 2. The van der Waals surface area contributed by atoms with Gasteiger partial charge in [-0.25, -0.2) is 8.42 Å². The molecule has 0 saturated carbocycles. The van der Waals surface area contributed by atoms with Crippen LogP contribution in [0.4, 0.5) is 26.3 Å². The molecule has 3 aromatic rings. The van der Waals surface area contributed by atoms with Gasteiger partial charge in [0.25, 0.3) is 10.0 Å². The fourth-order valence-electron chi connectivity index (χ4n) is 4.43. The number of aryl methyl sites for hydroxylation is 1. The van der Waals surface area contributed by atoms with Crippen molar-refractivity contribution in [2.24, 2.45) is 0 Å². The van der Waals surface area contributed by atoms with Crippen molar-refractivity contribution in [3.63, 3.8) is 0 Å². The Kier molecular flexibility index (Phi) is 8.88. The molecule has 4 rings (SSSR count). The van der Waals surface area contributed by atoms with Crippen molar-refractivity contribution in [2.45, 2.75) is 54.9 Å². The first-order valence-corrected chi connectivity index (χ1v) is 14.6. The minimum Gasteiger partial charge on any atom is -0.489 e. The Hall–Kier alpha value is -2.61. The summed E-state index contributed by atoms with van der Waals surface area (Å²) >= 11 is 6.71. The zero-order valence-corrected chi connectivity index (χ0v) is 22.9. The van der Waals surface area contributed by atoms with Gasteiger partial charge in [-0.3, -0.25) is 4.79 Å². The number of sulfonamides is 1. The predicted octanol–water partition coefficient (Wildman–Crippen LogP) is 7.37. The van der Waals surface area contributed by atoms with Gasteiger partial charge in [-0.15, -0.1) is 11.3 Å². The number of thiophene rings is 1. The molecule has 1 aliphatic rings. The monoisotopic (exact) mass is 625 g/mol. The Labute approximate surface area is 235 Å². The third-order valence-electron chi connectivity index (χ3n) is 6.39. The van der Waals surface area contributed by atoms with E-state index in [1.54, 1.807) is 0 Å². The minimum atomic E-state index is -4.75. The molecule has 216 valence electrons.